The number of imide groups is 1. The van der Waals surface area contributed by atoms with Gasteiger partial charge in [0.25, 0.3) is 5.91 Å². The van der Waals surface area contributed by atoms with Crippen LogP contribution in [0.3, 0.4) is 0 Å². The molecule has 2 aromatic rings. The number of amides is 3. The van der Waals surface area contributed by atoms with E-state index in [2.05, 4.69) is 0 Å². The van der Waals surface area contributed by atoms with Crippen LogP contribution in [-0.4, -0.2) is 29.9 Å². The van der Waals surface area contributed by atoms with Gasteiger partial charge in [-0.3, -0.25) is 9.59 Å². The lowest BCUT2D eigenvalue weighted by molar-refractivity contribution is -0.140. The van der Waals surface area contributed by atoms with E-state index < -0.39 is 18.0 Å². The molecule has 2 aromatic carbocycles. The third-order valence-electron chi connectivity index (χ3n) is 5.85. The first kappa shape index (κ1) is 21.7. The van der Waals surface area contributed by atoms with E-state index in [0.29, 0.717) is 22.0 Å². The molecule has 1 saturated carbocycles. The highest BCUT2D eigenvalue weighted by atomic mass is 35.5. The second kappa shape index (κ2) is 8.89. The number of carbonyl (C=O) groups is 3. The number of nitrogens with zero attached hydrogens (tertiary/aromatic N) is 2. The van der Waals surface area contributed by atoms with Crippen LogP contribution in [0.2, 0.25) is 10.0 Å². The van der Waals surface area contributed by atoms with E-state index in [1.54, 1.807) is 43.4 Å². The molecule has 1 saturated heterocycles. The molecule has 2 aliphatic rings. The van der Waals surface area contributed by atoms with Gasteiger partial charge in [-0.1, -0.05) is 54.6 Å². The molecule has 162 valence electrons. The predicted molar refractivity (Wildman–Crippen MR) is 119 cm³/mol. The third-order valence-corrected chi connectivity index (χ3v) is 6.59. The van der Waals surface area contributed by atoms with Gasteiger partial charge in [-0.2, -0.15) is 0 Å². The summed E-state index contributed by atoms with van der Waals surface area (Å²) in [6, 6.07) is 10.1. The van der Waals surface area contributed by atoms with Crippen molar-refractivity contribution in [1.82, 2.24) is 4.90 Å². The molecule has 6 nitrogen and oxygen atoms in total. The summed E-state index contributed by atoms with van der Waals surface area (Å²) >= 11 is 12.0. The minimum absolute atomic E-state index is 0.0478. The average molecular weight is 461 g/mol. The van der Waals surface area contributed by atoms with Crippen molar-refractivity contribution in [3.05, 3.63) is 58.1 Å². The standard InChI is InChI=1S/C23H22Cl2N2O4/c1-26-20(21(28)27(23(26)30)16-9-12-18(24)19(25)13-16)14-7-10-17(11-8-14)31-22(29)15-5-3-2-4-6-15/h7-13,15,20H,2-6H2,1H3. The zero-order valence-corrected chi connectivity index (χ0v) is 18.5. The molecule has 1 atom stereocenters. The fourth-order valence-electron chi connectivity index (χ4n) is 4.13. The molecule has 3 amide bonds. The summed E-state index contributed by atoms with van der Waals surface area (Å²) in [6.07, 6.45) is 5.01. The van der Waals surface area contributed by atoms with E-state index in [1.165, 1.54) is 17.4 Å². The Hall–Kier alpha value is -2.57. The zero-order valence-electron chi connectivity index (χ0n) is 17.0. The Morgan fingerprint density at radius 2 is 1.65 bits per heavy atom. The van der Waals surface area contributed by atoms with Gasteiger partial charge in [0.15, 0.2) is 0 Å². The fraction of sp³-hybridized carbons (Fsp3) is 0.348. The van der Waals surface area contributed by atoms with Gasteiger partial charge in [-0.05, 0) is 48.7 Å². The average Bonchev–Trinajstić information content (AvgIpc) is 3.00. The first-order valence-electron chi connectivity index (χ1n) is 10.2. The Labute approximate surface area is 190 Å². The summed E-state index contributed by atoms with van der Waals surface area (Å²) < 4.78 is 5.52. The highest BCUT2D eigenvalue weighted by molar-refractivity contribution is 6.42. The Morgan fingerprint density at radius 1 is 0.968 bits per heavy atom. The van der Waals surface area contributed by atoms with Gasteiger partial charge < -0.3 is 9.64 Å². The summed E-state index contributed by atoms with van der Waals surface area (Å²) in [4.78, 5) is 40.7. The number of hydrogen-bond acceptors (Lipinski definition) is 4. The van der Waals surface area contributed by atoms with Crippen LogP contribution in [0.1, 0.15) is 43.7 Å². The number of benzene rings is 2. The molecular formula is C23H22Cl2N2O4. The highest BCUT2D eigenvalue weighted by Gasteiger charge is 2.44. The number of anilines is 1. The van der Waals surface area contributed by atoms with E-state index in [-0.39, 0.29) is 16.9 Å². The maximum absolute atomic E-state index is 13.1. The number of ether oxygens (including phenoxy) is 1. The highest BCUT2D eigenvalue weighted by Crippen LogP contribution is 2.36. The van der Waals surface area contributed by atoms with Crippen LogP contribution in [0.4, 0.5) is 10.5 Å². The summed E-state index contributed by atoms with van der Waals surface area (Å²) in [7, 11) is 1.57. The van der Waals surface area contributed by atoms with Gasteiger partial charge in [0.05, 0.1) is 21.7 Å². The predicted octanol–water partition coefficient (Wildman–Crippen LogP) is 5.62. The molecule has 0 radical (unpaired) electrons. The number of esters is 1. The molecule has 4 rings (SSSR count). The van der Waals surface area contributed by atoms with Crippen molar-refractivity contribution in [2.24, 2.45) is 5.92 Å². The first-order chi connectivity index (χ1) is 14.9. The van der Waals surface area contributed by atoms with Crippen LogP contribution in [0.25, 0.3) is 0 Å². The number of likely N-dealkylation sites (N-methyl/N-ethyl adjacent to an activating group) is 1. The molecule has 1 aliphatic heterocycles. The number of halogens is 2. The van der Waals surface area contributed by atoms with Crippen molar-refractivity contribution >= 4 is 46.8 Å². The summed E-state index contributed by atoms with van der Waals surface area (Å²) in [5.41, 5.74) is 0.984. The normalized spacial score (nSPS) is 19.8. The summed E-state index contributed by atoms with van der Waals surface area (Å²) in [5.74, 6) is -0.214. The second-order valence-corrected chi connectivity index (χ2v) is 8.71. The Bertz CT molecular complexity index is 1020. The molecule has 2 fully saturated rings. The van der Waals surface area contributed by atoms with Gasteiger partial charge >= 0.3 is 12.0 Å². The Balaban J connectivity index is 1.51. The third kappa shape index (κ3) is 4.27. The molecule has 1 aliphatic carbocycles. The van der Waals surface area contributed by atoms with Crippen LogP contribution in [0.15, 0.2) is 42.5 Å². The minimum atomic E-state index is -0.787. The molecule has 0 spiro atoms. The maximum atomic E-state index is 13.1. The van der Waals surface area contributed by atoms with E-state index in [0.717, 1.165) is 30.6 Å². The lowest BCUT2D eigenvalue weighted by Gasteiger charge is -2.20. The largest absolute Gasteiger partial charge is 0.426 e. The SMILES string of the molecule is CN1C(=O)N(c2ccc(Cl)c(Cl)c2)C(=O)C1c1ccc(OC(=O)C2CCCCC2)cc1. The molecule has 1 unspecified atom stereocenters. The van der Waals surface area contributed by atoms with E-state index in [4.69, 9.17) is 27.9 Å². The minimum Gasteiger partial charge on any atom is -0.426 e. The van der Waals surface area contributed by atoms with Crippen LogP contribution < -0.4 is 9.64 Å². The molecular weight excluding hydrogens is 439 g/mol. The van der Waals surface area contributed by atoms with E-state index in [9.17, 15) is 14.4 Å². The van der Waals surface area contributed by atoms with Gasteiger partial charge in [-0.15, -0.1) is 0 Å². The van der Waals surface area contributed by atoms with Crippen LogP contribution in [-0.2, 0) is 9.59 Å². The van der Waals surface area contributed by atoms with Gasteiger partial charge in [0.1, 0.15) is 11.8 Å². The lowest BCUT2D eigenvalue weighted by Crippen LogP contribution is -2.31. The lowest BCUT2D eigenvalue weighted by atomic mass is 9.89. The quantitative estimate of drug-likeness (QED) is 0.337. The smallest absolute Gasteiger partial charge is 0.332 e. The van der Waals surface area contributed by atoms with Gasteiger partial charge in [0.2, 0.25) is 0 Å². The van der Waals surface area contributed by atoms with Crippen LogP contribution >= 0.6 is 23.2 Å². The second-order valence-electron chi connectivity index (χ2n) is 7.89. The molecule has 8 heteroatoms. The Kier molecular flexibility index (Phi) is 6.21. The van der Waals surface area contributed by atoms with Crippen molar-refractivity contribution < 1.29 is 19.1 Å². The number of urea groups is 1. The van der Waals surface area contributed by atoms with E-state index >= 15 is 0 Å². The van der Waals surface area contributed by atoms with Crippen molar-refractivity contribution in [3.8, 4) is 5.75 Å². The summed E-state index contributed by atoms with van der Waals surface area (Å²) in [5, 5.41) is 0.600. The summed E-state index contributed by atoms with van der Waals surface area (Å²) in [6.45, 7) is 0. The van der Waals surface area contributed by atoms with Gasteiger partial charge in [-0.25, -0.2) is 9.69 Å². The fourth-order valence-corrected chi connectivity index (χ4v) is 4.43. The topological polar surface area (TPSA) is 66.9 Å². The van der Waals surface area contributed by atoms with Crippen molar-refractivity contribution in [3.63, 3.8) is 0 Å². The van der Waals surface area contributed by atoms with Crippen molar-refractivity contribution in [2.75, 3.05) is 11.9 Å². The maximum Gasteiger partial charge on any atom is 0.332 e. The van der Waals surface area contributed by atoms with E-state index in [1.807, 2.05) is 0 Å². The molecule has 0 bridgehead atoms. The van der Waals surface area contributed by atoms with Gasteiger partial charge in [0, 0.05) is 7.05 Å². The number of carbonyl (C=O) groups excluding carboxylic acids is 3. The molecule has 31 heavy (non-hydrogen) atoms. The number of rotatable bonds is 4. The molecule has 1 heterocycles. The monoisotopic (exact) mass is 460 g/mol. The molecule has 0 aromatic heterocycles. The number of hydrogen-bond donors (Lipinski definition) is 0. The van der Waals surface area contributed by atoms with Crippen LogP contribution in [0.5, 0.6) is 5.75 Å². The Morgan fingerprint density at radius 3 is 2.29 bits per heavy atom. The first-order valence-corrected chi connectivity index (χ1v) is 11.0. The van der Waals surface area contributed by atoms with Crippen molar-refractivity contribution in [2.45, 2.75) is 38.1 Å². The zero-order chi connectivity index (χ0) is 22.1. The van der Waals surface area contributed by atoms with Crippen molar-refractivity contribution in [1.29, 1.82) is 0 Å². The van der Waals surface area contributed by atoms with Crippen LogP contribution in [0, 0.1) is 5.92 Å². The molecule has 0 N–H and O–H groups in total.